The summed E-state index contributed by atoms with van der Waals surface area (Å²) in [6.07, 6.45) is -2.62. The lowest BCUT2D eigenvalue weighted by Gasteiger charge is -2.29. The van der Waals surface area contributed by atoms with E-state index in [1.807, 2.05) is 32.9 Å². The van der Waals surface area contributed by atoms with Gasteiger partial charge in [-0.15, -0.1) is 0 Å². The Bertz CT molecular complexity index is 1370. The number of benzene rings is 1. The first kappa shape index (κ1) is 32.8. The molecule has 1 aromatic carbocycles. The van der Waals surface area contributed by atoms with Gasteiger partial charge in [-0.1, -0.05) is 31.1 Å². The fourth-order valence-corrected chi connectivity index (χ4v) is 5.03. The van der Waals surface area contributed by atoms with Gasteiger partial charge in [0.05, 0.1) is 26.4 Å². The molecule has 0 saturated heterocycles. The maximum absolute atomic E-state index is 14.0. The van der Waals surface area contributed by atoms with Crippen molar-refractivity contribution in [1.82, 2.24) is 14.6 Å². The molecule has 5 atom stereocenters. The van der Waals surface area contributed by atoms with E-state index in [9.17, 15) is 24.1 Å². The summed E-state index contributed by atoms with van der Waals surface area (Å²) in [5, 5.41) is 16.4. The smallest absolute Gasteiger partial charge is 0.459 e. The Labute approximate surface area is 230 Å². The highest BCUT2D eigenvalue weighted by atomic mass is 31.2. The Morgan fingerprint density at radius 1 is 1.25 bits per heavy atom. The van der Waals surface area contributed by atoms with Gasteiger partial charge in [-0.3, -0.25) is 23.7 Å². The van der Waals surface area contributed by atoms with Crippen LogP contribution in [-0.4, -0.2) is 59.1 Å². The standard InChI is InChI=1S/C24H35N6O9P/c1-14(2)18-8-7-15(3)11-19(18)39-40(35,28-16(4)23(33)36-6)37-13-20(17(5)31)38-22(12-26-29-25)30-10-9-21(32)27-24(30)34/h7-11,14,16-17,20,22,31H,12-13H2,1-6H3,(H,28,35)(H,27,32,34)/t16-,17?,20+,22+,40?/m0/s1. The average molecular weight is 583 g/mol. The largest absolute Gasteiger partial charge is 0.468 e. The number of aryl methyl sites for hydroxylation is 1. The van der Waals surface area contributed by atoms with Gasteiger partial charge in [-0.25, -0.2) is 9.36 Å². The van der Waals surface area contributed by atoms with Crippen molar-refractivity contribution in [2.75, 3.05) is 20.3 Å². The number of carbonyl (C=O) groups excluding carboxylic acids is 1. The third kappa shape index (κ3) is 9.33. The molecule has 2 aromatic rings. The normalized spacial score (nSPS) is 15.8. The van der Waals surface area contributed by atoms with Gasteiger partial charge in [-0.2, -0.15) is 5.09 Å². The van der Waals surface area contributed by atoms with Crippen LogP contribution in [0.3, 0.4) is 0 Å². The van der Waals surface area contributed by atoms with Gasteiger partial charge in [0.2, 0.25) is 0 Å². The lowest BCUT2D eigenvalue weighted by molar-refractivity contribution is -0.142. The van der Waals surface area contributed by atoms with Crippen LogP contribution in [0.4, 0.5) is 0 Å². The van der Waals surface area contributed by atoms with Crippen molar-refractivity contribution >= 4 is 13.7 Å². The number of azide groups is 1. The number of ether oxygens (including phenoxy) is 2. The number of aromatic nitrogens is 2. The molecule has 0 amide bonds. The van der Waals surface area contributed by atoms with Crippen molar-refractivity contribution in [1.29, 1.82) is 0 Å². The predicted octanol–water partition coefficient (Wildman–Crippen LogP) is 2.90. The molecule has 0 spiro atoms. The minimum absolute atomic E-state index is 0.00676. The number of carbonyl (C=O) groups is 1. The maximum atomic E-state index is 14.0. The molecular weight excluding hydrogens is 547 g/mol. The first-order valence-corrected chi connectivity index (χ1v) is 13.9. The molecule has 1 heterocycles. The van der Waals surface area contributed by atoms with E-state index in [0.29, 0.717) is 0 Å². The average Bonchev–Trinajstić information content (AvgIpc) is 2.87. The number of nitrogens with one attached hydrogen (secondary N) is 2. The first-order valence-electron chi connectivity index (χ1n) is 12.4. The number of aliphatic hydroxyl groups excluding tert-OH is 1. The van der Waals surface area contributed by atoms with Crippen molar-refractivity contribution in [2.45, 2.75) is 65.0 Å². The van der Waals surface area contributed by atoms with Gasteiger partial charge in [0.15, 0.2) is 0 Å². The van der Waals surface area contributed by atoms with Crippen LogP contribution in [0.2, 0.25) is 0 Å². The van der Waals surface area contributed by atoms with E-state index in [0.717, 1.165) is 28.0 Å². The monoisotopic (exact) mass is 582 g/mol. The summed E-state index contributed by atoms with van der Waals surface area (Å²) in [4.78, 5) is 40.6. The SMILES string of the molecule is COC(=O)[C@H](C)NP(=O)(OC[C@@H](O[C@H](CN=[N+]=[N-])n1ccc(=O)[nH]c1=O)C(C)O)Oc1cc(C)ccc1C(C)C. The third-order valence-electron chi connectivity index (χ3n) is 5.66. The molecule has 0 bridgehead atoms. The zero-order chi connectivity index (χ0) is 30.0. The van der Waals surface area contributed by atoms with E-state index in [1.165, 1.54) is 21.0 Å². The summed E-state index contributed by atoms with van der Waals surface area (Å²) in [7, 11) is -3.17. The quantitative estimate of drug-likeness (QED) is 0.0919. The van der Waals surface area contributed by atoms with Crippen molar-refractivity contribution in [3.8, 4) is 5.75 Å². The molecule has 1 aromatic heterocycles. The molecule has 0 aliphatic carbocycles. The van der Waals surface area contributed by atoms with Crippen LogP contribution < -0.4 is 20.9 Å². The molecule has 220 valence electrons. The molecule has 40 heavy (non-hydrogen) atoms. The Balaban J connectivity index is 2.41. The van der Waals surface area contributed by atoms with Gasteiger partial charge in [-0.05, 0) is 49.4 Å². The highest BCUT2D eigenvalue weighted by Gasteiger charge is 2.35. The summed E-state index contributed by atoms with van der Waals surface area (Å²) in [6, 6.07) is 5.34. The lowest BCUT2D eigenvalue weighted by Crippen LogP contribution is -2.40. The Kier molecular flexibility index (Phi) is 12.1. The van der Waals surface area contributed by atoms with Crippen LogP contribution >= 0.6 is 7.75 Å². The molecule has 0 aliphatic heterocycles. The van der Waals surface area contributed by atoms with E-state index in [1.54, 1.807) is 6.07 Å². The number of H-pyrrole nitrogens is 1. The van der Waals surface area contributed by atoms with Crippen molar-refractivity contribution in [2.24, 2.45) is 5.11 Å². The van der Waals surface area contributed by atoms with Crippen LogP contribution in [0.5, 0.6) is 5.75 Å². The Morgan fingerprint density at radius 2 is 1.95 bits per heavy atom. The Hall–Kier alpha value is -3.45. The molecule has 2 unspecified atom stereocenters. The van der Waals surface area contributed by atoms with E-state index < -0.39 is 62.6 Å². The summed E-state index contributed by atoms with van der Waals surface area (Å²) in [5.41, 5.74) is 8.84. The molecule has 16 heteroatoms. The van der Waals surface area contributed by atoms with Crippen LogP contribution in [0.25, 0.3) is 10.4 Å². The molecule has 0 saturated carbocycles. The second kappa shape index (κ2) is 14.8. The van der Waals surface area contributed by atoms with E-state index >= 15 is 0 Å². The minimum Gasteiger partial charge on any atom is -0.468 e. The van der Waals surface area contributed by atoms with Gasteiger partial charge in [0, 0.05) is 17.2 Å². The molecular formula is C24H35N6O9P. The number of aromatic amines is 1. The zero-order valence-electron chi connectivity index (χ0n) is 23.1. The van der Waals surface area contributed by atoms with Gasteiger partial charge in [0.25, 0.3) is 5.56 Å². The van der Waals surface area contributed by atoms with E-state index in [2.05, 4.69) is 20.1 Å². The maximum Gasteiger partial charge on any atom is 0.459 e. The lowest BCUT2D eigenvalue weighted by atomic mass is 10.0. The molecule has 2 rings (SSSR count). The Morgan fingerprint density at radius 3 is 2.52 bits per heavy atom. The van der Waals surface area contributed by atoms with Crippen molar-refractivity contribution < 1.29 is 33.0 Å². The van der Waals surface area contributed by atoms with Crippen molar-refractivity contribution in [3.05, 3.63) is 72.9 Å². The summed E-state index contributed by atoms with van der Waals surface area (Å²) in [6.45, 7) is 7.50. The van der Waals surface area contributed by atoms with E-state index in [-0.39, 0.29) is 11.7 Å². The summed E-state index contributed by atoms with van der Waals surface area (Å²) < 4.78 is 37.0. The fourth-order valence-electron chi connectivity index (χ4n) is 3.51. The number of nitrogens with zero attached hydrogens (tertiary/aromatic N) is 4. The number of esters is 1. The molecule has 0 aliphatic rings. The number of methoxy groups -OCH3 is 1. The fraction of sp³-hybridized carbons (Fsp3) is 0.542. The molecule has 15 nitrogen and oxygen atoms in total. The highest BCUT2D eigenvalue weighted by molar-refractivity contribution is 7.52. The topological polar surface area (TPSA) is 207 Å². The van der Waals surface area contributed by atoms with E-state index in [4.69, 9.17) is 24.1 Å². The summed E-state index contributed by atoms with van der Waals surface area (Å²) >= 11 is 0. The summed E-state index contributed by atoms with van der Waals surface area (Å²) in [5.74, 6) is -0.470. The van der Waals surface area contributed by atoms with Crippen LogP contribution in [-0.2, 0) is 23.4 Å². The number of hydrogen-bond donors (Lipinski definition) is 3. The van der Waals surface area contributed by atoms with Crippen LogP contribution in [0.1, 0.15) is 51.0 Å². The first-order chi connectivity index (χ1) is 18.8. The number of rotatable bonds is 15. The second-order valence-corrected chi connectivity index (χ2v) is 10.9. The second-order valence-electron chi connectivity index (χ2n) is 9.26. The number of aliphatic hydroxyl groups is 1. The van der Waals surface area contributed by atoms with Crippen molar-refractivity contribution in [3.63, 3.8) is 0 Å². The van der Waals surface area contributed by atoms with Crippen LogP contribution in [0, 0.1) is 6.92 Å². The third-order valence-corrected chi connectivity index (χ3v) is 7.29. The van der Waals surface area contributed by atoms with Gasteiger partial charge >= 0.3 is 19.4 Å². The number of hydrogen-bond acceptors (Lipinski definition) is 10. The van der Waals surface area contributed by atoms with Gasteiger partial charge < -0.3 is 19.1 Å². The minimum atomic E-state index is -4.34. The van der Waals surface area contributed by atoms with Gasteiger partial charge in [0.1, 0.15) is 24.1 Å². The molecule has 3 N–H and O–H groups in total. The molecule has 0 fully saturated rings. The zero-order valence-corrected chi connectivity index (χ0v) is 24.0. The predicted molar refractivity (Wildman–Crippen MR) is 145 cm³/mol. The molecule has 0 radical (unpaired) electrons. The van der Waals surface area contributed by atoms with Crippen LogP contribution in [0.15, 0.2) is 45.2 Å². The highest BCUT2D eigenvalue weighted by Crippen LogP contribution is 2.47.